The van der Waals surface area contributed by atoms with Gasteiger partial charge in [0, 0.05) is 6.04 Å². The van der Waals surface area contributed by atoms with Crippen LogP contribution in [0.15, 0.2) is 29.2 Å². The van der Waals surface area contributed by atoms with Crippen LogP contribution in [0.2, 0.25) is 0 Å². The zero-order chi connectivity index (χ0) is 16.5. The molecule has 0 heterocycles. The van der Waals surface area contributed by atoms with Crippen molar-refractivity contribution in [2.75, 3.05) is 0 Å². The van der Waals surface area contributed by atoms with Crippen molar-refractivity contribution in [1.29, 1.82) is 0 Å². The third kappa shape index (κ3) is 3.63. The summed E-state index contributed by atoms with van der Waals surface area (Å²) in [5.41, 5.74) is 1.22. The second-order valence-electron chi connectivity index (χ2n) is 7.82. The van der Waals surface area contributed by atoms with Gasteiger partial charge >= 0.3 is 0 Å². The van der Waals surface area contributed by atoms with Crippen LogP contribution in [-0.4, -0.2) is 14.5 Å². The topological polar surface area (TPSA) is 46.2 Å². The van der Waals surface area contributed by atoms with Crippen molar-refractivity contribution in [1.82, 2.24) is 4.72 Å². The van der Waals surface area contributed by atoms with Crippen LogP contribution in [0.5, 0.6) is 0 Å². The first-order chi connectivity index (χ1) is 10.9. The molecular weight excluding hydrogens is 306 g/mol. The van der Waals surface area contributed by atoms with Crippen LogP contribution in [0.25, 0.3) is 0 Å². The summed E-state index contributed by atoms with van der Waals surface area (Å²) in [6.07, 6.45) is 9.62. The predicted octanol–water partition coefficient (Wildman–Crippen LogP) is 4.41. The van der Waals surface area contributed by atoms with Gasteiger partial charge in [0.05, 0.1) is 4.90 Å². The van der Waals surface area contributed by atoms with E-state index in [9.17, 15) is 8.42 Å². The lowest BCUT2D eigenvalue weighted by Crippen LogP contribution is -2.54. The summed E-state index contributed by atoms with van der Waals surface area (Å²) < 4.78 is 28.9. The fourth-order valence-electron chi connectivity index (χ4n) is 4.27. The summed E-state index contributed by atoms with van der Waals surface area (Å²) in [5, 5.41) is 0. The van der Waals surface area contributed by atoms with E-state index in [2.05, 4.69) is 11.6 Å². The molecule has 1 N–H and O–H groups in total. The number of hydrogen-bond donors (Lipinski definition) is 1. The molecule has 2 aliphatic carbocycles. The minimum atomic E-state index is -3.43. The maximum absolute atomic E-state index is 12.9. The average molecular weight is 336 g/mol. The summed E-state index contributed by atoms with van der Waals surface area (Å²) in [6, 6.07) is 7.27. The number of nitrogens with one attached hydrogen (secondary N) is 1. The van der Waals surface area contributed by atoms with E-state index < -0.39 is 10.0 Å². The summed E-state index contributed by atoms with van der Waals surface area (Å²) in [4.78, 5) is 0.395. The van der Waals surface area contributed by atoms with Gasteiger partial charge in [-0.3, -0.25) is 0 Å². The highest BCUT2D eigenvalue weighted by Gasteiger charge is 2.45. The van der Waals surface area contributed by atoms with Gasteiger partial charge in [0.25, 0.3) is 0 Å². The van der Waals surface area contributed by atoms with Crippen molar-refractivity contribution in [3.8, 4) is 0 Å². The molecule has 3 nitrogen and oxygen atoms in total. The third-order valence-corrected chi connectivity index (χ3v) is 7.44. The lowest BCUT2D eigenvalue weighted by atomic mass is 9.61. The van der Waals surface area contributed by atoms with Crippen molar-refractivity contribution in [2.45, 2.75) is 76.2 Å². The van der Waals surface area contributed by atoms with Gasteiger partial charge in [0.15, 0.2) is 0 Å². The van der Waals surface area contributed by atoms with E-state index >= 15 is 0 Å². The Balaban J connectivity index is 1.83. The van der Waals surface area contributed by atoms with Crippen molar-refractivity contribution in [3.63, 3.8) is 0 Å². The maximum Gasteiger partial charge on any atom is 0.240 e. The van der Waals surface area contributed by atoms with Crippen molar-refractivity contribution in [3.05, 3.63) is 29.8 Å². The first kappa shape index (κ1) is 17.0. The quantitative estimate of drug-likeness (QED) is 0.866. The first-order valence-corrected chi connectivity index (χ1v) is 10.5. The second kappa shape index (κ2) is 6.56. The van der Waals surface area contributed by atoms with Crippen LogP contribution in [0.1, 0.15) is 63.9 Å². The Morgan fingerprint density at radius 1 is 1.04 bits per heavy atom. The molecule has 4 heteroatoms. The predicted molar refractivity (Wildman–Crippen MR) is 93.8 cm³/mol. The highest BCUT2D eigenvalue weighted by atomic mass is 32.2. The van der Waals surface area contributed by atoms with Gasteiger partial charge in [0.1, 0.15) is 0 Å². The van der Waals surface area contributed by atoms with Crippen LogP contribution >= 0.6 is 0 Å². The Morgan fingerprint density at radius 3 is 2.17 bits per heavy atom. The van der Waals surface area contributed by atoms with Crippen LogP contribution in [0.4, 0.5) is 0 Å². The van der Waals surface area contributed by atoms with E-state index in [-0.39, 0.29) is 11.5 Å². The second-order valence-corrected chi connectivity index (χ2v) is 9.53. The molecule has 2 fully saturated rings. The minimum Gasteiger partial charge on any atom is -0.207 e. The normalized spacial score (nSPS) is 23.2. The van der Waals surface area contributed by atoms with E-state index in [1.165, 1.54) is 25.7 Å². The van der Waals surface area contributed by atoms with Gasteiger partial charge in [-0.25, -0.2) is 13.1 Å². The van der Waals surface area contributed by atoms with E-state index in [0.717, 1.165) is 31.2 Å². The Kier molecular flexibility index (Phi) is 4.84. The fourth-order valence-corrected chi connectivity index (χ4v) is 5.71. The first-order valence-electron chi connectivity index (χ1n) is 9.00. The molecule has 2 saturated carbocycles. The molecule has 0 amide bonds. The fraction of sp³-hybridized carbons (Fsp3) is 0.684. The standard InChI is InChI=1S/C19H29NO2S/c1-15-9-11-17(12-10-15)23(21,22)20-18(19(2)13-6-14-19)16-7-4-3-5-8-16/h9-12,16,18,20H,3-8,13-14H2,1-2H3. The van der Waals surface area contributed by atoms with Gasteiger partial charge in [-0.1, -0.05) is 50.3 Å². The number of hydrogen-bond acceptors (Lipinski definition) is 2. The molecule has 3 rings (SSSR count). The van der Waals surface area contributed by atoms with Crippen LogP contribution in [0.3, 0.4) is 0 Å². The third-order valence-electron chi connectivity index (χ3n) is 5.98. The summed E-state index contributed by atoms with van der Waals surface area (Å²) >= 11 is 0. The van der Waals surface area contributed by atoms with Crippen molar-refractivity contribution < 1.29 is 8.42 Å². The SMILES string of the molecule is Cc1ccc(S(=O)(=O)NC(C2CCCCC2)C2(C)CCC2)cc1. The van der Waals surface area contributed by atoms with Gasteiger partial charge in [-0.15, -0.1) is 0 Å². The Bertz CT molecular complexity index is 626. The Hall–Kier alpha value is -0.870. The van der Waals surface area contributed by atoms with Crippen LogP contribution < -0.4 is 4.72 Å². The molecule has 1 unspecified atom stereocenters. The van der Waals surface area contributed by atoms with Gasteiger partial charge in [0.2, 0.25) is 10.0 Å². The lowest BCUT2D eigenvalue weighted by molar-refractivity contribution is 0.0623. The molecule has 0 aromatic heterocycles. The van der Waals surface area contributed by atoms with Crippen molar-refractivity contribution in [2.24, 2.45) is 11.3 Å². The molecule has 2 aliphatic rings. The van der Waals surface area contributed by atoms with E-state index in [1.54, 1.807) is 12.1 Å². The summed E-state index contributed by atoms with van der Waals surface area (Å²) in [7, 11) is -3.43. The molecule has 1 atom stereocenters. The largest absolute Gasteiger partial charge is 0.240 e. The average Bonchev–Trinajstić information content (AvgIpc) is 2.52. The zero-order valence-electron chi connectivity index (χ0n) is 14.3. The summed E-state index contributed by atoms with van der Waals surface area (Å²) in [5.74, 6) is 0.495. The minimum absolute atomic E-state index is 0.0860. The molecule has 1 aromatic carbocycles. The highest BCUT2D eigenvalue weighted by molar-refractivity contribution is 7.89. The summed E-state index contributed by atoms with van der Waals surface area (Å²) in [6.45, 7) is 4.25. The number of rotatable bonds is 5. The van der Waals surface area contributed by atoms with Gasteiger partial charge in [-0.05, 0) is 56.1 Å². The molecule has 0 saturated heterocycles. The maximum atomic E-state index is 12.9. The van der Waals surface area contributed by atoms with E-state index in [4.69, 9.17) is 0 Å². The zero-order valence-corrected chi connectivity index (χ0v) is 15.2. The molecule has 0 radical (unpaired) electrons. The molecule has 128 valence electrons. The number of benzene rings is 1. The van der Waals surface area contributed by atoms with Crippen LogP contribution in [-0.2, 0) is 10.0 Å². The van der Waals surface area contributed by atoms with E-state index in [1.807, 2.05) is 19.1 Å². The molecular formula is C19H29NO2S. The molecule has 0 aliphatic heterocycles. The van der Waals surface area contributed by atoms with Crippen LogP contribution in [0, 0.1) is 18.3 Å². The molecule has 1 aromatic rings. The number of aryl methyl sites for hydroxylation is 1. The van der Waals surface area contributed by atoms with Gasteiger partial charge in [-0.2, -0.15) is 0 Å². The van der Waals surface area contributed by atoms with E-state index in [0.29, 0.717) is 10.8 Å². The Morgan fingerprint density at radius 2 is 1.65 bits per heavy atom. The number of sulfonamides is 1. The molecule has 23 heavy (non-hydrogen) atoms. The molecule has 0 bridgehead atoms. The lowest BCUT2D eigenvalue weighted by Gasteiger charge is -2.49. The highest BCUT2D eigenvalue weighted by Crippen LogP contribution is 2.48. The van der Waals surface area contributed by atoms with Crippen molar-refractivity contribution >= 4 is 10.0 Å². The Labute approximate surface area is 140 Å². The molecule has 0 spiro atoms. The monoisotopic (exact) mass is 335 g/mol. The smallest absolute Gasteiger partial charge is 0.207 e. The van der Waals surface area contributed by atoms with Gasteiger partial charge < -0.3 is 0 Å².